The van der Waals surface area contributed by atoms with Crippen molar-refractivity contribution in [3.05, 3.63) is 33.4 Å². The van der Waals surface area contributed by atoms with Crippen molar-refractivity contribution in [3.63, 3.8) is 0 Å². The Balaban J connectivity index is 2.24. The molecule has 2 rings (SSSR count). The summed E-state index contributed by atoms with van der Waals surface area (Å²) >= 11 is 1.64. The highest BCUT2D eigenvalue weighted by Gasteiger charge is 2.17. The van der Waals surface area contributed by atoms with Crippen LogP contribution in [0.1, 0.15) is 35.7 Å². The predicted molar refractivity (Wildman–Crippen MR) is 84.6 cm³/mol. The van der Waals surface area contributed by atoms with Crippen molar-refractivity contribution in [1.29, 1.82) is 5.26 Å². The number of hydrogen-bond acceptors (Lipinski definition) is 6. The predicted octanol–water partition coefficient (Wildman–Crippen LogP) is 2.61. The molecular formula is C15H19N5S. The zero-order chi connectivity index (χ0) is 15.2. The third-order valence-electron chi connectivity index (χ3n) is 3.45. The molecule has 0 bridgehead atoms. The van der Waals surface area contributed by atoms with Gasteiger partial charge in [-0.25, -0.2) is 4.98 Å². The molecule has 110 valence electrons. The third-order valence-corrected chi connectivity index (χ3v) is 4.28. The number of rotatable bonds is 6. The average Bonchev–Trinajstić information content (AvgIpc) is 3.04. The van der Waals surface area contributed by atoms with E-state index in [-0.39, 0.29) is 0 Å². The number of anilines is 1. The SMILES string of the molecule is CCc1nnc(N(C)CCc2nccs2)c(C#N)c1CC. The van der Waals surface area contributed by atoms with E-state index in [1.165, 1.54) is 0 Å². The molecule has 2 aromatic rings. The Hall–Kier alpha value is -2.00. The summed E-state index contributed by atoms with van der Waals surface area (Å²) in [5.74, 6) is 0.670. The number of hydrogen-bond donors (Lipinski definition) is 0. The van der Waals surface area contributed by atoms with Gasteiger partial charge in [0.1, 0.15) is 11.6 Å². The molecule has 0 N–H and O–H groups in total. The molecule has 2 heterocycles. The minimum Gasteiger partial charge on any atom is -0.357 e. The van der Waals surface area contributed by atoms with Crippen molar-refractivity contribution in [3.8, 4) is 6.07 Å². The zero-order valence-corrected chi connectivity index (χ0v) is 13.4. The molecule has 6 heteroatoms. The fourth-order valence-electron chi connectivity index (χ4n) is 2.29. The Kier molecular flexibility index (Phi) is 5.23. The number of likely N-dealkylation sites (N-methyl/N-ethyl adjacent to an activating group) is 1. The summed E-state index contributed by atoms with van der Waals surface area (Å²) < 4.78 is 0. The second-order valence-electron chi connectivity index (χ2n) is 4.74. The summed E-state index contributed by atoms with van der Waals surface area (Å²) in [5.41, 5.74) is 2.60. The molecule has 2 aromatic heterocycles. The maximum absolute atomic E-state index is 9.50. The fraction of sp³-hybridized carbons (Fsp3) is 0.467. The van der Waals surface area contributed by atoms with Crippen molar-refractivity contribution < 1.29 is 0 Å². The van der Waals surface area contributed by atoms with Gasteiger partial charge in [-0.1, -0.05) is 13.8 Å². The molecule has 21 heavy (non-hydrogen) atoms. The minimum atomic E-state index is 0.658. The van der Waals surface area contributed by atoms with E-state index in [1.54, 1.807) is 11.3 Å². The Labute approximate surface area is 129 Å². The lowest BCUT2D eigenvalue weighted by Crippen LogP contribution is -2.24. The highest BCUT2D eigenvalue weighted by molar-refractivity contribution is 7.09. The van der Waals surface area contributed by atoms with Crippen LogP contribution in [-0.2, 0) is 19.3 Å². The number of aryl methyl sites for hydroxylation is 1. The normalized spacial score (nSPS) is 10.4. The topological polar surface area (TPSA) is 65.7 Å². The molecule has 0 spiro atoms. The number of nitriles is 1. The van der Waals surface area contributed by atoms with Crippen molar-refractivity contribution in [2.45, 2.75) is 33.1 Å². The summed E-state index contributed by atoms with van der Waals surface area (Å²) in [7, 11) is 1.95. The summed E-state index contributed by atoms with van der Waals surface area (Å²) in [6, 6.07) is 2.31. The second-order valence-corrected chi connectivity index (χ2v) is 5.72. The van der Waals surface area contributed by atoms with Gasteiger partial charge in [-0.3, -0.25) is 0 Å². The fourth-order valence-corrected chi connectivity index (χ4v) is 2.90. The van der Waals surface area contributed by atoms with Crippen molar-refractivity contribution in [2.24, 2.45) is 0 Å². The number of nitrogens with zero attached hydrogens (tertiary/aromatic N) is 5. The van der Waals surface area contributed by atoms with Gasteiger partial charge in [0.25, 0.3) is 0 Å². The van der Waals surface area contributed by atoms with Crippen LogP contribution >= 0.6 is 11.3 Å². The summed E-state index contributed by atoms with van der Waals surface area (Å²) in [5, 5.41) is 21.1. The van der Waals surface area contributed by atoms with Crippen LogP contribution in [0.2, 0.25) is 0 Å². The zero-order valence-electron chi connectivity index (χ0n) is 12.6. The van der Waals surface area contributed by atoms with Crippen molar-refractivity contribution in [2.75, 3.05) is 18.5 Å². The molecule has 0 aliphatic heterocycles. The van der Waals surface area contributed by atoms with E-state index >= 15 is 0 Å². The lowest BCUT2D eigenvalue weighted by atomic mass is 10.0. The van der Waals surface area contributed by atoms with Gasteiger partial charge in [-0.05, 0) is 18.4 Å². The van der Waals surface area contributed by atoms with E-state index in [1.807, 2.05) is 30.4 Å². The summed E-state index contributed by atoms with van der Waals surface area (Å²) in [4.78, 5) is 6.27. The third kappa shape index (κ3) is 3.37. The standard InChI is InChI=1S/C15H19N5S/c1-4-11-12(10-16)15(19-18-13(11)5-2)20(3)8-6-14-17-7-9-21-14/h7,9H,4-6,8H2,1-3H3. The Morgan fingerprint density at radius 2 is 2.10 bits per heavy atom. The molecule has 0 saturated heterocycles. The first kappa shape index (κ1) is 15.4. The van der Waals surface area contributed by atoms with Gasteiger partial charge in [0.15, 0.2) is 5.82 Å². The number of aromatic nitrogens is 3. The van der Waals surface area contributed by atoms with E-state index in [4.69, 9.17) is 0 Å². The molecular weight excluding hydrogens is 282 g/mol. The smallest absolute Gasteiger partial charge is 0.169 e. The van der Waals surface area contributed by atoms with Gasteiger partial charge in [0.05, 0.1) is 10.7 Å². The lowest BCUT2D eigenvalue weighted by molar-refractivity contribution is 0.805. The quantitative estimate of drug-likeness (QED) is 0.820. The van der Waals surface area contributed by atoms with Crippen LogP contribution in [0.3, 0.4) is 0 Å². The van der Waals surface area contributed by atoms with Crippen molar-refractivity contribution in [1.82, 2.24) is 15.2 Å². The highest BCUT2D eigenvalue weighted by Crippen LogP contribution is 2.22. The van der Waals surface area contributed by atoms with E-state index in [9.17, 15) is 5.26 Å². The maximum Gasteiger partial charge on any atom is 0.169 e. The van der Waals surface area contributed by atoms with Crippen molar-refractivity contribution >= 4 is 17.2 Å². The molecule has 0 aromatic carbocycles. The minimum absolute atomic E-state index is 0.658. The largest absolute Gasteiger partial charge is 0.357 e. The molecule has 0 radical (unpaired) electrons. The Morgan fingerprint density at radius 3 is 2.67 bits per heavy atom. The van der Waals surface area contributed by atoms with E-state index < -0.39 is 0 Å². The Morgan fingerprint density at radius 1 is 1.29 bits per heavy atom. The first-order valence-corrected chi connectivity index (χ1v) is 7.97. The van der Waals surface area contributed by atoms with Crippen LogP contribution in [0.25, 0.3) is 0 Å². The molecule has 0 aliphatic carbocycles. The number of thiazole rings is 1. The molecule has 0 atom stereocenters. The second kappa shape index (κ2) is 7.14. The van der Waals surface area contributed by atoms with Gasteiger partial charge in [0, 0.05) is 31.6 Å². The molecule has 0 fully saturated rings. The van der Waals surface area contributed by atoms with Gasteiger partial charge in [0.2, 0.25) is 0 Å². The lowest BCUT2D eigenvalue weighted by Gasteiger charge is -2.20. The summed E-state index contributed by atoms with van der Waals surface area (Å²) in [6.45, 7) is 4.86. The first-order chi connectivity index (χ1) is 10.2. The van der Waals surface area contributed by atoms with Crippen LogP contribution in [0.5, 0.6) is 0 Å². The van der Waals surface area contributed by atoms with Crippen LogP contribution in [0.15, 0.2) is 11.6 Å². The van der Waals surface area contributed by atoms with Crippen LogP contribution in [-0.4, -0.2) is 28.8 Å². The van der Waals surface area contributed by atoms with Crippen LogP contribution in [0.4, 0.5) is 5.82 Å². The van der Waals surface area contributed by atoms with Gasteiger partial charge >= 0.3 is 0 Å². The molecule has 0 unspecified atom stereocenters. The highest BCUT2D eigenvalue weighted by atomic mass is 32.1. The first-order valence-electron chi connectivity index (χ1n) is 7.09. The van der Waals surface area contributed by atoms with E-state index in [0.29, 0.717) is 11.4 Å². The Bertz CT molecular complexity index is 630. The maximum atomic E-state index is 9.50. The molecule has 0 amide bonds. The molecule has 5 nitrogen and oxygen atoms in total. The van der Waals surface area contributed by atoms with E-state index in [0.717, 1.165) is 42.1 Å². The van der Waals surface area contributed by atoms with Gasteiger partial charge < -0.3 is 4.90 Å². The van der Waals surface area contributed by atoms with Crippen LogP contribution < -0.4 is 4.90 Å². The summed E-state index contributed by atoms with van der Waals surface area (Å²) in [6.07, 6.45) is 4.26. The molecule has 0 saturated carbocycles. The van der Waals surface area contributed by atoms with Crippen LogP contribution in [0, 0.1) is 11.3 Å². The van der Waals surface area contributed by atoms with Gasteiger partial charge in [-0.2, -0.15) is 10.4 Å². The average molecular weight is 301 g/mol. The van der Waals surface area contributed by atoms with Gasteiger partial charge in [-0.15, -0.1) is 16.4 Å². The monoisotopic (exact) mass is 301 g/mol. The molecule has 0 aliphatic rings. The van der Waals surface area contributed by atoms with E-state index in [2.05, 4.69) is 28.2 Å².